The molecule has 0 aliphatic heterocycles. The van der Waals surface area contributed by atoms with E-state index in [4.69, 9.17) is 4.74 Å². The van der Waals surface area contributed by atoms with Gasteiger partial charge in [0.15, 0.2) is 0 Å². The maximum Gasteiger partial charge on any atom is 0.337 e. The molecule has 164 valence electrons. The van der Waals surface area contributed by atoms with Gasteiger partial charge in [0.25, 0.3) is 0 Å². The zero-order valence-electron chi connectivity index (χ0n) is 19.2. The van der Waals surface area contributed by atoms with Crippen molar-refractivity contribution in [2.24, 2.45) is 5.92 Å². The Kier molecular flexibility index (Phi) is 8.07. The lowest BCUT2D eigenvalue weighted by atomic mass is 10.1. The highest BCUT2D eigenvalue weighted by Gasteiger charge is 2.13. The van der Waals surface area contributed by atoms with E-state index in [1.165, 1.54) is 23.9 Å². The molecule has 0 bridgehead atoms. The van der Waals surface area contributed by atoms with Crippen LogP contribution >= 0.6 is 0 Å². The van der Waals surface area contributed by atoms with Crippen LogP contribution in [0.15, 0.2) is 66.9 Å². The van der Waals surface area contributed by atoms with Gasteiger partial charge in [-0.1, -0.05) is 55.8 Å². The molecule has 0 aliphatic carbocycles. The molecule has 0 saturated heterocycles. The van der Waals surface area contributed by atoms with Gasteiger partial charge >= 0.3 is 5.97 Å². The lowest BCUT2D eigenvalue weighted by molar-refractivity contribution is 0.0600. The number of ether oxygens (including phenoxy) is 1. The number of aryl methyl sites for hydroxylation is 1. The van der Waals surface area contributed by atoms with Crippen LogP contribution in [0.3, 0.4) is 0 Å². The van der Waals surface area contributed by atoms with E-state index in [9.17, 15) is 4.79 Å². The molecular formula is C27H34N2O2. The predicted octanol–water partition coefficient (Wildman–Crippen LogP) is 5.68. The second kappa shape index (κ2) is 11.0. The summed E-state index contributed by atoms with van der Waals surface area (Å²) in [5, 5.41) is 0. The number of carbonyl (C=O) groups is 1. The van der Waals surface area contributed by atoms with Gasteiger partial charge in [0.1, 0.15) is 0 Å². The van der Waals surface area contributed by atoms with Crippen LogP contribution in [-0.2, 0) is 24.4 Å². The SMILES string of the molecule is COC(=O)c1cccc(CN(CCC(C)C)Cc2cccn2Cc2cccc(C)c2)c1. The summed E-state index contributed by atoms with van der Waals surface area (Å²) < 4.78 is 7.22. The molecule has 31 heavy (non-hydrogen) atoms. The number of benzene rings is 2. The lowest BCUT2D eigenvalue weighted by Gasteiger charge is -2.24. The number of aromatic nitrogens is 1. The van der Waals surface area contributed by atoms with Crippen LogP contribution in [0.4, 0.5) is 0 Å². The van der Waals surface area contributed by atoms with Gasteiger partial charge in [-0.2, -0.15) is 0 Å². The maximum atomic E-state index is 11.9. The highest BCUT2D eigenvalue weighted by molar-refractivity contribution is 5.89. The van der Waals surface area contributed by atoms with E-state index in [-0.39, 0.29) is 5.97 Å². The molecule has 0 amide bonds. The van der Waals surface area contributed by atoms with Gasteiger partial charge in [-0.3, -0.25) is 4.90 Å². The number of carbonyl (C=O) groups excluding carboxylic acids is 1. The number of methoxy groups -OCH3 is 1. The van der Waals surface area contributed by atoms with Gasteiger partial charge in [0.05, 0.1) is 12.7 Å². The molecule has 4 nitrogen and oxygen atoms in total. The maximum absolute atomic E-state index is 11.9. The van der Waals surface area contributed by atoms with E-state index in [1.54, 1.807) is 6.07 Å². The second-order valence-corrected chi connectivity index (χ2v) is 8.70. The molecule has 0 spiro atoms. The molecular weight excluding hydrogens is 384 g/mol. The van der Waals surface area contributed by atoms with Crippen molar-refractivity contribution in [3.8, 4) is 0 Å². The van der Waals surface area contributed by atoms with Crippen molar-refractivity contribution in [3.63, 3.8) is 0 Å². The zero-order valence-corrected chi connectivity index (χ0v) is 19.2. The Hall–Kier alpha value is -2.85. The molecule has 0 atom stereocenters. The molecule has 3 rings (SSSR count). The summed E-state index contributed by atoms with van der Waals surface area (Å²) in [4.78, 5) is 14.4. The lowest BCUT2D eigenvalue weighted by Crippen LogP contribution is -2.26. The summed E-state index contributed by atoms with van der Waals surface area (Å²) in [6.07, 6.45) is 3.30. The van der Waals surface area contributed by atoms with Gasteiger partial charge in [-0.05, 0) is 61.2 Å². The zero-order chi connectivity index (χ0) is 22.2. The van der Waals surface area contributed by atoms with Crippen molar-refractivity contribution >= 4 is 5.97 Å². The first-order chi connectivity index (χ1) is 14.9. The van der Waals surface area contributed by atoms with Gasteiger partial charge in [0, 0.05) is 31.5 Å². The molecule has 1 aromatic heterocycles. The number of rotatable bonds is 10. The smallest absolute Gasteiger partial charge is 0.337 e. The first-order valence-electron chi connectivity index (χ1n) is 11.0. The third kappa shape index (κ3) is 6.83. The van der Waals surface area contributed by atoms with Gasteiger partial charge in [-0.25, -0.2) is 4.79 Å². The molecule has 3 aromatic rings. The van der Waals surface area contributed by atoms with E-state index in [0.717, 1.165) is 38.2 Å². The fourth-order valence-corrected chi connectivity index (χ4v) is 3.81. The molecule has 0 unspecified atom stereocenters. The van der Waals surface area contributed by atoms with Crippen LogP contribution in [0.5, 0.6) is 0 Å². The fraction of sp³-hybridized carbons (Fsp3) is 0.370. The molecule has 1 heterocycles. The van der Waals surface area contributed by atoms with Crippen molar-refractivity contribution in [2.45, 2.75) is 46.8 Å². The summed E-state index contributed by atoms with van der Waals surface area (Å²) in [7, 11) is 1.42. The molecule has 0 saturated carbocycles. The Bertz CT molecular complexity index is 990. The summed E-state index contributed by atoms with van der Waals surface area (Å²) in [5.74, 6) is 0.352. The standard InChI is InChI=1S/C27H34N2O2/c1-21(2)13-15-28(18-24-10-6-11-25(17-24)27(30)31-4)20-26-12-7-14-29(26)19-23-9-5-8-22(3)16-23/h5-12,14,16-17,21H,13,15,18-20H2,1-4H3. The van der Waals surface area contributed by atoms with E-state index in [1.807, 2.05) is 12.1 Å². The fourth-order valence-electron chi connectivity index (χ4n) is 3.81. The summed E-state index contributed by atoms with van der Waals surface area (Å²) in [6.45, 7) is 10.2. The average molecular weight is 419 g/mol. The summed E-state index contributed by atoms with van der Waals surface area (Å²) in [5.41, 5.74) is 5.64. The second-order valence-electron chi connectivity index (χ2n) is 8.70. The van der Waals surface area contributed by atoms with E-state index < -0.39 is 0 Å². The highest BCUT2D eigenvalue weighted by Crippen LogP contribution is 2.16. The van der Waals surface area contributed by atoms with Gasteiger partial charge < -0.3 is 9.30 Å². The number of hydrogen-bond donors (Lipinski definition) is 0. The third-order valence-corrected chi connectivity index (χ3v) is 5.52. The van der Waals surface area contributed by atoms with Crippen LogP contribution in [0.1, 0.15) is 53.0 Å². The number of hydrogen-bond acceptors (Lipinski definition) is 3. The largest absolute Gasteiger partial charge is 0.465 e. The molecule has 0 aliphatic rings. The Morgan fingerprint density at radius 3 is 2.52 bits per heavy atom. The molecule has 4 heteroatoms. The van der Waals surface area contributed by atoms with Crippen LogP contribution in [0.2, 0.25) is 0 Å². The van der Waals surface area contributed by atoms with Crippen LogP contribution in [-0.4, -0.2) is 29.1 Å². The minimum atomic E-state index is -0.289. The topological polar surface area (TPSA) is 34.5 Å². The quantitative estimate of drug-likeness (QED) is 0.397. The minimum Gasteiger partial charge on any atom is -0.465 e. The average Bonchev–Trinajstić information content (AvgIpc) is 3.18. The van der Waals surface area contributed by atoms with Crippen molar-refractivity contribution in [1.82, 2.24) is 9.47 Å². The van der Waals surface area contributed by atoms with Crippen LogP contribution in [0, 0.1) is 12.8 Å². The first-order valence-corrected chi connectivity index (χ1v) is 11.0. The van der Waals surface area contributed by atoms with Crippen LogP contribution in [0.25, 0.3) is 0 Å². The van der Waals surface area contributed by atoms with Crippen molar-refractivity contribution < 1.29 is 9.53 Å². The Labute approximate surface area is 186 Å². The third-order valence-electron chi connectivity index (χ3n) is 5.52. The number of esters is 1. The van der Waals surface area contributed by atoms with Gasteiger partial charge in [0.2, 0.25) is 0 Å². The monoisotopic (exact) mass is 418 g/mol. The van der Waals surface area contributed by atoms with E-state index >= 15 is 0 Å². The van der Waals surface area contributed by atoms with Gasteiger partial charge in [-0.15, -0.1) is 0 Å². The first kappa shape index (κ1) is 22.8. The summed E-state index contributed by atoms with van der Waals surface area (Å²) in [6, 6.07) is 20.8. The molecule has 0 N–H and O–H groups in total. The molecule has 0 fully saturated rings. The minimum absolute atomic E-state index is 0.289. The van der Waals surface area contributed by atoms with Crippen molar-refractivity contribution in [1.29, 1.82) is 0 Å². The van der Waals surface area contributed by atoms with Crippen molar-refractivity contribution in [3.05, 3.63) is 94.8 Å². The number of nitrogens with zero attached hydrogens (tertiary/aromatic N) is 2. The van der Waals surface area contributed by atoms with E-state index in [2.05, 4.69) is 78.9 Å². The normalized spacial score (nSPS) is 11.3. The molecule has 2 aromatic carbocycles. The Morgan fingerprint density at radius 2 is 1.77 bits per heavy atom. The van der Waals surface area contributed by atoms with E-state index in [0.29, 0.717) is 11.5 Å². The van der Waals surface area contributed by atoms with Crippen LogP contribution < -0.4 is 0 Å². The molecule has 0 radical (unpaired) electrons. The Balaban J connectivity index is 1.76. The highest BCUT2D eigenvalue weighted by atomic mass is 16.5. The summed E-state index contributed by atoms with van der Waals surface area (Å²) >= 11 is 0. The Morgan fingerprint density at radius 1 is 1.00 bits per heavy atom. The predicted molar refractivity (Wildman–Crippen MR) is 126 cm³/mol. The van der Waals surface area contributed by atoms with Crippen molar-refractivity contribution in [2.75, 3.05) is 13.7 Å².